The largest absolute Gasteiger partial charge is 0.484 e. The molecule has 0 spiro atoms. The van der Waals surface area contributed by atoms with Crippen molar-refractivity contribution in [3.8, 4) is 17.0 Å². The smallest absolute Gasteiger partial charge is 0.260 e. The molecule has 0 saturated carbocycles. The quantitative estimate of drug-likeness (QED) is 0.442. The van der Waals surface area contributed by atoms with Crippen molar-refractivity contribution in [3.05, 3.63) is 84.1 Å². The van der Waals surface area contributed by atoms with E-state index in [0.717, 1.165) is 35.4 Å². The Morgan fingerprint density at radius 3 is 2.41 bits per heavy atom. The van der Waals surface area contributed by atoms with Crippen LogP contribution >= 0.6 is 0 Å². The van der Waals surface area contributed by atoms with Crippen molar-refractivity contribution in [3.63, 3.8) is 0 Å². The molecular formula is C28H28N4O2. The molecule has 1 aliphatic heterocycles. The van der Waals surface area contributed by atoms with Gasteiger partial charge in [0.2, 0.25) is 0 Å². The maximum absolute atomic E-state index is 12.7. The zero-order chi connectivity index (χ0) is 23.5. The highest BCUT2D eigenvalue weighted by Crippen LogP contribution is 2.24. The van der Waals surface area contributed by atoms with Crippen LogP contribution < -0.4 is 9.64 Å². The molecule has 3 aromatic carbocycles. The van der Waals surface area contributed by atoms with Gasteiger partial charge in [0.25, 0.3) is 5.91 Å². The van der Waals surface area contributed by atoms with Crippen LogP contribution in [-0.2, 0) is 4.79 Å². The highest BCUT2D eigenvalue weighted by atomic mass is 16.5. The highest BCUT2D eigenvalue weighted by Gasteiger charge is 2.22. The monoisotopic (exact) mass is 452 g/mol. The number of para-hydroxylation sites is 2. The summed E-state index contributed by atoms with van der Waals surface area (Å²) in [6.07, 6.45) is 1.78. The van der Waals surface area contributed by atoms with E-state index in [2.05, 4.69) is 46.9 Å². The van der Waals surface area contributed by atoms with Crippen LogP contribution in [0.5, 0.6) is 5.75 Å². The fraction of sp³-hybridized carbons (Fsp3) is 0.250. The van der Waals surface area contributed by atoms with Crippen molar-refractivity contribution in [1.82, 2.24) is 14.9 Å². The van der Waals surface area contributed by atoms with E-state index < -0.39 is 0 Å². The topological polar surface area (TPSA) is 58.6 Å². The number of carbonyl (C=O) groups is 1. The Hall–Kier alpha value is -3.93. The zero-order valence-electron chi connectivity index (χ0n) is 19.6. The van der Waals surface area contributed by atoms with Crippen molar-refractivity contribution in [1.29, 1.82) is 0 Å². The molecule has 5 rings (SSSR count). The number of aryl methyl sites for hydroxylation is 2. The SMILES string of the molecule is Cc1ccc(C)c(N2CCN(C(=O)COc3ccc(-c4cnc5ccccc5n4)cc3)CC2)c1. The van der Waals surface area contributed by atoms with Gasteiger partial charge in [-0.15, -0.1) is 0 Å². The van der Waals surface area contributed by atoms with E-state index in [1.165, 1.54) is 16.8 Å². The van der Waals surface area contributed by atoms with Crippen molar-refractivity contribution in [2.24, 2.45) is 0 Å². The van der Waals surface area contributed by atoms with E-state index in [4.69, 9.17) is 4.74 Å². The summed E-state index contributed by atoms with van der Waals surface area (Å²) in [5.74, 6) is 0.685. The molecule has 1 aliphatic rings. The third-order valence-electron chi connectivity index (χ3n) is 6.30. The molecule has 1 fully saturated rings. The van der Waals surface area contributed by atoms with E-state index in [1.807, 2.05) is 53.4 Å². The lowest BCUT2D eigenvalue weighted by Gasteiger charge is -2.37. The van der Waals surface area contributed by atoms with Gasteiger partial charge in [-0.25, -0.2) is 4.98 Å². The van der Waals surface area contributed by atoms with Gasteiger partial charge in [-0.1, -0.05) is 24.3 Å². The minimum Gasteiger partial charge on any atom is -0.484 e. The van der Waals surface area contributed by atoms with Crippen LogP contribution in [0, 0.1) is 13.8 Å². The summed E-state index contributed by atoms with van der Waals surface area (Å²) in [6, 6.07) is 22.0. The van der Waals surface area contributed by atoms with E-state index >= 15 is 0 Å². The van der Waals surface area contributed by atoms with E-state index in [-0.39, 0.29) is 12.5 Å². The summed E-state index contributed by atoms with van der Waals surface area (Å²) in [7, 11) is 0. The number of hydrogen-bond donors (Lipinski definition) is 0. The van der Waals surface area contributed by atoms with Gasteiger partial charge in [-0.05, 0) is 67.4 Å². The highest BCUT2D eigenvalue weighted by molar-refractivity contribution is 5.78. The van der Waals surface area contributed by atoms with Gasteiger partial charge in [-0.3, -0.25) is 9.78 Å². The maximum atomic E-state index is 12.7. The number of fused-ring (bicyclic) bond motifs is 1. The molecule has 0 bridgehead atoms. The first-order chi connectivity index (χ1) is 16.6. The lowest BCUT2D eigenvalue weighted by Crippen LogP contribution is -2.50. The van der Waals surface area contributed by atoms with Gasteiger partial charge in [-0.2, -0.15) is 0 Å². The molecule has 2 heterocycles. The molecule has 0 N–H and O–H groups in total. The van der Waals surface area contributed by atoms with Crippen LogP contribution in [0.1, 0.15) is 11.1 Å². The van der Waals surface area contributed by atoms with Crippen molar-refractivity contribution in [2.45, 2.75) is 13.8 Å². The van der Waals surface area contributed by atoms with Gasteiger partial charge >= 0.3 is 0 Å². The van der Waals surface area contributed by atoms with Crippen LogP contribution in [0.25, 0.3) is 22.3 Å². The van der Waals surface area contributed by atoms with Crippen LogP contribution in [0.2, 0.25) is 0 Å². The first-order valence-corrected chi connectivity index (χ1v) is 11.6. The summed E-state index contributed by atoms with van der Waals surface area (Å²) in [4.78, 5) is 26.1. The number of aromatic nitrogens is 2. The molecule has 6 heteroatoms. The summed E-state index contributed by atoms with van der Waals surface area (Å²) in [5.41, 5.74) is 7.29. The molecule has 1 saturated heterocycles. The molecule has 0 aliphatic carbocycles. The fourth-order valence-electron chi connectivity index (χ4n) is 4.31. The number of rotatable bonds is 5. The van der Waals surface area contributed by atoms with E-state index in [0.29, 0.717) is 18.8 Å². The van der Waals surface area contributed by atoms with Gasteiger partial charge in [0.1, 0.15) is 5.75 Å². The fourth-order valence-corrected chi connectivity index (χ4v) is 4.31. The Bertz CT molecular complexity index is 1310. The lowest BCUT2D eigenvalue weighted by atomic mass is 10.1. The van der Waals surface area contributed by atoms with Gasteiger partial charge in [0, 0.05) is 37.4 Å². The standard InChI is InChI=1S/C28H28N4O2/c1-20-7-8-21(2)27(17-20)31-13-15-32(16-14-31)28(33)19-34-23-11-9-22(10-12-23)26-18-29-24-5-3-4-6-25(24)30-26/h3-12,17-18H,13-16,19H2,1-2H3. The van der Waals surface area contributed by atoms with Crippen LogP contribution in [0.3, 0.4) is 0 Å². The number of carbonyl (C=O) groups excluding carboxylic acids is 1. The number of anilines is 1. The maximum Gasteiger partial charge on any atom is 0.260 e. The number of benzene rings is 3. The Kier molecular flexibility index (Phi) is 6.12. The molecule has 4 aromatic rings. The Balaban J connectivity index is 1.15. The molecule has 0 atom stereocenters. The third kappa shape index (κ3) is 4.71. The Labute approximate surface area is 199 Å². The summed E-state index contributed by atoms with van der Waals surface area (Å²) < 4.78 is 5.79. The molecule has 1 amide bonds. The Morgan fingerprint density at radius 2 is 1.65 bits per heavy atom. The Morgan fingerprint density at radius 1 is 0.912 bits per heavy atom. The molecule has 0 radical (unpaired) electrons. The molecule has 6 nitrogen and oxygen atoms in total. The van der Waals surface area contributed by atoms with Gasteiger partial charge in [0.15, 0.2) is 6.61 Å². The lowest BCUT2D eigenvalue weighted by molar-refractivity contribution is -0.133. The second kappa shape index (κ2) is 9.51. The minimum absolute atomic E-state index is 0.0186. The summed E-state index contributed by atoms with van der Waals surface area (Å²) >= 11 is 0. The summed E-state index contributed by atoms with van der Waals surface area (Å²) in [6.45, 7) is 7.36. The number of piperazine rings is 1. The second-order valence-electron chi connectivity index (χ2n) is 8.71. The first-order valence-electron chi connectivity index (χ1n) is 11.6. The number of hydrogen-bond acceptors (Lipinski definition) is 5. The van der Waals surface area contributed by atoms with Crippen LogP contribution in [0.4, 0.5) is 5.69 Å². The van der Waals surface area contributed by atoms with E-state index in [1.54, 1.807) is 6.20 Å². The van der Waals surface area contributed by atoms with E-state index in [9.17, 15) is 4.79 Å². The van der Waals surface area contributed by atoms with Gasteiger partial charge in [0.05, 0.1) is 22.9 Å². The normalized spacial score (nSPS) is 13.8. The molecule has 0 unspecified atom stereocenters. The average molecular weight is 453 g/mol. The predicted octanol–water partition coefficient (Wildman–Crippen LogP) is 4.64. The third-order valence-corrected chi connectivity index (χ3v) is 6.30. The number of ether oxygens (including phenoxy) is 1. The van der Waals surface area contributed by atoms with Crippen LogP contribution in [0.15, 0.2) is 72.9 Å². The van der Waals surface area contributed by atoms with Crippen LogP contribution in [-0.4, -0.2) is 53.6 Å². The number of nitrogens with zero attached hydrogens (tertiary/aromatic N) is 4. The first kappa shape index (κ1) is 21.9. The molecule has 172 valence electrons. The molecule has 34 heavy (non-hydrogen) atoms. The predicted molar refractivity (Wildman–Crippen MR) is 135 cm³/mol. The molecular weight excluding hydrogens is 424 g/mol. The van der Waals surface area contributed by atoms with Crippen molar-refractivity contribution < 1.29 is 9.53 Å². The minimum atomic E-state index is 0.0186. The summed E-state index contributed by atoms with van der Waals surface area (Å²) in [5, 5.41) is 0. The van der Waals surface area contributed by atoms with Gasteiger partial charge < -0.3 is 14.5 Å². The second-order valence-corrected chi connectivity index (χ2v) is 8.71. The zero-order valence-corrected chi connectivity index (χ0v) is 19.6. The van der Waals surface area contributed by atoms with Crippen molar-refractivity contribution in [2.75, 3.05) is 37.7 Å². The molecule has 1 aromatic heterocycles. The average Bonchev–Trinajstić information content (AvgIpc) is 2.89. The number of amides is 1. The van der Waals surface area contributed by atoms with Crippen molar-refractivity contribution >= 4 is 22.6 Å².